The molecule has 0 aliphatic rings. The van der Waals surface area contributed by atoms with Gasteiger partial charge in [-0.15, -0.1) is 0 Å². The van der Waals surface area contributed by atoms with Crippen molar-refractivity contribution in [1.29, 1.82) is 0 Å². The van der Waals surface area contributed by atoms with Gasteiger partial charge in [-0.05, 0) is 11.6 Å². The third-order valence-corrected chi connectivity index (χ3v) is 3.40. The van der Waals surface area contributed by atoms with Crippen LogP contribution in [-0.4, -0.2) is 20.6 Å². The summed E-state index contributed by atoms with van der Waals surface area (Å²) in [5, 5.41) is 16.9. The normalized spacial score (nSPS) is 10.4. The molecule has 0 saturated heterocycles. The zero-order valence-corrected chi connectivity index (χ0v) is 12.8. The van der Waals surface area contributed by atoms with Crippen molar-refractivity contribution in [2.24, 2.45) is 0 Å². The van der Waals surface area contributed by atoms with Crippen LogP contribution in [0, 0.1) is 10.1 Å². The molecule has 1 N–H and O–H groups in total. The number of amides is 1. The first-order chi connectivity index (χ1) is 12.0. The van der Waals surface area contributed by atoms with Gasteiger partial charge in [0.1, 0.15) is 6.26 Å². The molecule has 0 atom stereocenters. The second kappa shape index (κ2) is 6.79. The van der Waals surface area contributed by atoms with Crippen LogP contribution in [0.15, 0.2) is 64.2 Å². The van der Waals surface area contributed by atoms with Crippen molar-refractivity contribution in [3.05, 3.63) is 86.5 Å². The van der Waals surface area contributed by atoms with E-state index in [0.717, 1.165) is 0 Å². The Morgan fingerprint density at radius 1 is 1.28 bits per heavy atom. The highest BCUT2D eigenvalue weighted by molar-refractivity contribution is 6.03. The van der Waals surface area contributed by atoms with Crippen molar-refractivity contribution >= 4 is 17.4 Å². The Bertz CT molecular complexity index is 978. The number of aromatic nitrogens is 2. The number of hydrogen-bond acceptors (Lipinski definition) is 6. The molecule has 0 spiro atoms. The van der Waals surface area contributed by atoms with Crippen LogP contribution in [0.4, 0.5) is 11.5 Å². The lowest BCUT2D eigenvalue weighted by Crippen LogP contribution is -2.22. The van der Waals surface area contributed by atoms with E-state index in [1.807, 2.05) is 0 Å². The minimum atomic E-state index is -0.506. The molecule has 3 aromatic rings. The number of benzene rings is 1. The summed E-state index contributed by atoms with van der Waals surface area (Å²) in [4.78, 5) is 34.5. The molecule has 0 unspecified atom stereocenters. The smallest absolute Gasteiger partial charge is 0.269 e. The van der Waals surface area contributed by atoms with Crippen LogP contribution in [0.25, 0.3) is 0 Å². The van der Waals surface area contributed by atoms with Crippen LogP contribution in [0.5, 0.6) is 0 Å². The summed E-state index contributed by atoms with van der Waals surface area (Å²) in [6.45, 7) is 0.103. The van der Waals surface area contributed by atoms with Crippen LogP contribution < -0.4 is 10.9 Å². The summed E-state index contributed by atoms with van der Waals surface area (Å²) in [6.07, 6.45) is 2.70. The Labute approximate surface area is 140 Å². The van der Waals surface area contributed by atoms with E-state index < -0.39 is 10.8 Å². The first-order valence-electron chi connectivity index (χ1n) is 7.18. The van der Waals surface area contributed by atoms with E-state index in [-0.39, 0.29) is 29.2 Å². The van der Waals surface area contributed by atoms with E-state index in [1.165, 1.54) is 47.4 Å². The van der Waals surface area contributed by atoms with Crippen molar-refractivity contribution in [3.63, 3.8) is 0 Å². The molecule has 9 nitrogen and oxygen atoms in total. The molecule has 1 amide bonds. The summed E-state index contributed by atoms with van der Waals surface area (Å²) in [5.41, 5.74) is 0.424. The van der Waals surface area contributed by atoms with Gasteiger partial charge >= 0.3 is 0 Å². The second-order valence-corrected chi connectivity index (χ2v) is 5.15. The molecule has 25 heavy (non-hydrogen) atoms. The van der Waals surface area contributed by atoms with Crippen LogP contribution in [0.3, 0.4) is 0 Å². The zero-order valence-electron chi connectivity index (χ0n) is 12.8. The number of hydrogen-bond donors (Lipinski definition) is 1. The van der Waals surface area contributed by atoms with E-state index in [4.69, 9.17) is 0 Å². The molecule has 0 bridgehead atoms. The predicted octanol–water partition coefficient (Wildman–Crippen LogP) is 2.05. The third kappa shape index (κ3) is 3.78. The summed E-state index contributed by atoms with van der Waals surface area (Å²) < 4.78 is 5.93. The van der Waals surface area contributed by atoms with Crippen LogP contribution in [0.2, 0.25) is 0 Å². The lowest BCUT2D eigenvalue weighted by molar-refractivity contribution is -0.384. The highest BCUT2D eigenvalue weighted by Gasteiger charge is 2.11. The Balaban J connectivity index is 1.84. The van der Waals surface area contributed by atoms with Gasteiger partial charge in [-0.3, -0.25) is 19.7 Å². The number of rotatable bonds is 5. The summed E-state index contributed by atoms with van der Waals surface area (Å²) >= 11 is 0. The highest BCUT2D eigenvalue weighted by atomic mass is 16.6. The van der Waals surface area contributed by atoms with E-state index >= 15 is 0 Å². The van der Waals surface area contributed by atoms with Gasteiger partial charge in [0.2, 0.25) is 0 Å². The van der Waals surface area contributed by atoms with Crippen LogP contribution in [-0.2, 0) is 6.54 Å². The van der Waals surface area contributed by atoms with Gasteiger partial charge in [0, 0.05) is 30.5 Å². The first kappa shape index (κ1) is 16.1. The molecule has 9 heteroatoms. The van der Waals surface area contributed by atoms with Gasteiger partial charge in [-0.1, -0.05) is 17.3 Å². The summed E-state index contributed by atoms with van der Waals surface area (Å²) in [7, 11) is 0. The topological polar surface area (TPSA) is 120 Å². The number of nitro groups is 1. The monoisotopic (exact) mass is 340 g/mol. The second-order valence-electron chi connectivity index (χ2n) is 5.15. The standard InChI is InChI=1S/C16H12N4O5/c21-15-5-4-12(16(22)17-14-6-7-25-18-14)10-19(15)9-11-2-1-3-13(8-11)20(23)24/h1-8,10H,9H2,(H,17,18,22). The number of anilines is 1. The van der Waals surface area contributed by atoms with Gasteiger partial charge in [-0.2, -0.15) is 0 Å². The number of carbonyl (C=O) groups excluding carboxylic acids is 1. The van der Waals surface area contributed by atoms with Gasteiger partial charge in [0.25, 0.3) is 17.2 Å². The van der Waals surface area contributed by atoms with Crippen molar-refractivity contribution in [2.45, 2.75) is 6.54 Å². The molecule has 2 aromatic heterocycles. The van der Waals surface area contributed by atoms with Gasteiger partial charge in [0.15, 0.2) is 5.82 Å². The lowest BCUT2D eigenvalue weighted by Gasteiger charge is -2.08. The van der Waals surface area contributed by atoms with Crippen LogP contribution in [0.1, 0.15) is 15.9 Å². The number of nitro benzene ring substituents is 1. The zero-order chi connectivity index (χ0) is 17.8. The third-order valence-electron chi connectivity index (χ3n) is 3.40. The molecule has 1 aromatic carbocycles. The van der Waals surface area contributed by atoms with Gasteiger partial charge in [0.05, 0.1) is 17.0 Å². The Morgan fingerprint density at radius 3 is 2.84 bits per heavy atom. The largest absolute Gasteiger partial charge is 0.363 e. The number of pyridine rings is 1. The molecule has 3 rings (SSSR count). The SMILES string of the molecule is O=C(Nc1ccon1)c1ccc(=O)n(Cc2cccc([N+](=O)[O-])c2)c1. The number of non-ortho nitro benzene ring substituents is 1. The predicted molar refractivity (Wildman–Crippen MR) is 87.4 cm³/mol. The maximum Gasteiger partial charge on any atom is 0.269 e. The molecule has 0 aliphatic carbocycles. The fourth-order valence-corrected chi connectivity index (χ4v) is 2.22. The summed E-state index contributed by atoms with van der Waals surface area (Å²) in [6, 6.07) is 10.1. The van der Waals surface area contributed by atoms with E-state index in [9.17, 15) is 19.7 Å². The minimum Gasteiger partial charge on any atom is -0.363 e. The average molecular weight is 340 g/mol. The average Bonchev–Trinajstić information content (AvgIpc) is 3.10. The molecular formula is C16H12N4O5. The van der Waals surface area contributed by atoms with Crippen molar-refractivity contribution in [1.82, 2.24) is 9.72 Å². The minimum absolute atomic E-state index is 0.0644. The number of nitrogens with one attached hydrogen (secondary N) is 1. The quantitative estimate of drug-likeness (QED) is 0.560. The maximum atomic E-state index is 12.2. The van der Waals surface area contributed by atoms with E-state index in [2.05, 4.69) is 15.0 Å². The molecular weight excluding hydrogens is 328 g/mol. The Kier molecular flexibility index (Phi) is 4.38. The van der Waals surface area contributed by atoms with E-state index in [1.54, 1.807) is 12.1 Å². The van der Waals surface area contributed by atoms with Gasteiger partial charge < -0.3 is 14.4 Å². The van der Waals surface area contributed by atoms with Crippen LogP contribution >= 0.6 is 0 Å². The maximum absolute atomic E-state index is 12.2. The Hall–Kier alpha value is -3.75. The fraction of sp³-hybridized carbons (Fsp3) is 0.0625. The number of carbonyl (C=O) groups is 1. The number of nitrogens with zero attached hydrogens (tertiary/aromatic N) is 3. The van der Waals surface area contributed by atoms with E-state index in [0.29, 0.717) is 5.56 Å². The Morgan fingerprint density at radius 2 is 2.12 bits per heavy atom. The van der Waals surface area contributed by atoms with Crippen molar-refractivity contribution < 1.29 is 14.2 Å². The molecule has 0 fully saturated rings. The summed E-state index contributed by atoms with van der Waals surface area (Å²) in [5.74, 6) is -0.205. The molecule has 0 saturated carbocycles. The first-order valence-corrected chi connectivity index (χ1v) is 7.18. The lowest BCUT2D eigenvalue weighted by atomic mass is 10.2. The molecule has 2 heterocycles. The molecule has 0 aliphatic heterocycles. The molecule has 0 radical (unpaired) electrons. The van der Waals surface area contributed by atoms with Crippen molar-refractivity contribution in [3.8, 4) is 0 Å². The van der Waals surface area contributed by atoms with Crippen molar-refractivity contribution in [2.75, 3.05) is 5.32 Å². The van der Waals surface area contributed by atoms with Gasteiger partial charge in [-0.25, -0.2) is 0 Å². The fourth-order valence-electron chi connectivity index (χ4n) is 2.22. The highest BCUT2D eigenvalue weighted by Crippen LogP contribution is 2.14. The molecule has 126 valence electrons.